The molecule has 2 aromatic carbocycles. The predicted molar refractivity (Wildman–Crippen MR) is 103 cm³/mol. The van der Waals surface area contributed by atoms with Gasteiger partial charge in [-0.05, 0) is 24.6 Å². The second kappa shape index (κ2) is 8.61. The fourth-order valence-corrected chi connectivity index (χ4v) is 3.26. The zero-order valence-electron chi connectivity index (χ0n) is 14.8. The highest BCUT2D eigenvalue weighted by Gasteiger charge is 2.16. The first-order chi connectivity index (χ1) is 13.4. The van der Waals surface area contributed by atoms with Gasteiger partial charge in [0.2, 0.25) is 11.7 Å². The summed E-state index contributed by atoms with van der Waals surface area (Å²) in [5.41, 5.74) is 0.541. The number of carbonyl (C=O) groups excluding carboxylic acids is 1. The molecule has 144 valence electrons. The van der Waals surface area contributed by atoms with Crippen molar-refractivity contribution in [2.45, 2.75) is 18.6 Å². The molecule has 0 spiro atoms. The van der Waals surface area contributed by atoms with Crippen molar-refractivity contribution >= 4 is 29.0 Å². The summed E-state index contributed by atoms with van der Waals surface area (Å²) in [4.78, 5) is 22.1. The summed E-state index contributed by atoms with van der Waals surface area (Å²) in [6.45, 7) is 2.41. The van der Waals surface area contributed by atoms with Crippen molar-refractivity contribution < 1.29 is 14.1 Å². The molecule has 0 radical (unpaired) electrons. The van der Waals surface area contributed by atoms with E-state index in [2.05, 4.69) is 15.5 Å². The lowest BCUT2D eigenvalue weighted by atomic mass is 10.2. The van der Waals surface area contributed by atoms with Crippen molar-refractivity contribution in [3.63, 3.8) is 0 Å². The molecule has 0 aliphatic rings. The highest BCUT2D eigenvalue weighted by atomic mass is 32.2. The molecule has 0 saturated carbocycles. The number of thioether (sulfide) groups is 1. The van der Waals surface area contributed by atoms with Crippen molar-refractivity contribution in [2.24, 2.45) is 0 Å². The molecule has 0 aliphatic heterocycles. The lowest BCUT2D eigenvalue weighted by Crippen LogP contribution is -2.15. The van der Waals surface area contributed by atoms with Crippen LogP contribution in [0.1, 0.15) is 11.4 Å². The average molecular weight is 401 g/mol. The van der Waals surface area contributed by atoms with Crippen LogP contribution in [0.25, 0.3) is 0 Å². The Balaban J connectivity index is 1.64. The van der Waals surface area contributed by atoms with Gasteiger partial charge < -0.3 is 9.88 Å². The fourth-order valence-electron chi connectivity index (χ4n) is 2.47. The highest BCUT2D eigenvalue weighted by molar-refractivity contribution is 7.99. The molecule has 1 heterocycles. The number of hydrogen-bond acceptors (Lipinski definition) is 6. The van der Waals surface area contributed by atoms with Crippen LogP contribution in [0.15, 0.2) is 53.7 Å². The van der Waals surface area contributed by atoms with Crippen molar-refractivity contribution in [1.82, 2.24) is 14.8 Å². The molecule has 1 N–H and O–H groups in total. The van der Waals surface area contributed by atoms with Crippen LogP contribution >= 0.6 is 11.8 Å². The van der Waals surface area contributed by atoms with Crippen molar-refractivity contribution in [3.05, 3.63) is 75.9 Å². The third kappa shape index (κ3) is 4.71. The van der Waals surface area contributed by atoms with Crippen molar-refractivity contribution in [1.29, 1.82) is 0 Å². The lowest BCUT2D eigenvalue weighted by molar-refractivity contribution is -0.387. The predicted octanol–water partition coefficient (Wildman–Crippen LogP) is 3.41. The first-order valence-corrected chi connectivity index (χ1v) is 9.23. The summed E-state index contributed by atoms with van der Waals surface area (Å²) in [7, 11) is 0. The normalized spacial score (nSPS) is 10.6. The van der Waals surface area contributed by atoms with E-state index in [1.54, 1.807) is 0 Å². The zero-order valence-corrected chi connectivity index (χ0v) is 15.6. The van der Waals surface area contributed by atoms with Gasteiger partial charge in [0, 0.05) is 11.8 Å². The Morgan fingerprint density at radius 3 is 2.71 bits per heavy atom. The number of nitro benzene ring substituents is 1. The molecule has 0 aliphatic carbocycles. The molecule has 0 fully saturated rings. The largest absolute Gasteiger partial charge is 0.325 e. The number of hydrogen-bond donors (Lipinski definition) is 1. The van der Waals surface area contributed by atoms with Gasteiger partial charge >= 0.3 is 5.69 Å². The molecular weight excluding hydrogens is 385 g/mol. The Morgan fingerprint density at radius 2 is 2.00 bits per heavy atom. The summed E-state index contributed by atoms with van der Waals surface area (Å²) < 4.78 is 15.3. The number of nitro groups is 1. The number of carbonyl (C=O) groups is 1. The molecule has 10 heteroatoms. The van der Waals surface area contributed by atoms with Crippen molar-refractivity contribution in [2.75, 3.05) is 11.1 Å². The third-order valence-electron chi connectivity index (χ3n) is 3.84. The fraction of sp³-hybridized carbons (Fsp3) is 0.167. The van der Waals surface area contributed by atoms with Crippen LogP contribution in [0.5, 0.6) is 0 Å². The number of nitrogens with one attached hydrogen (secondary N) is 1. The van der Waals surface area contributed by atoms with Crippen LogP contribution in [-0.2, 0) is 11.3 Å². The van der Waals surface area contributed by atoms with Crippen LogP contribution in [0, 0.1) is 22.9 Å². The average Bonchev–Trinajstić information content (AvgIpc) is 3.02. The Morgan fingerprint density at radius 1 is 1.25 bits per heavy atom. The minimum Gasteiger partial charge on any atom is -0.325 e. The molecule has 3 rings (SSSR count). The standard InChI is InChI=1S/C18H16FN5O3S/c1-12-21-22-18(23(12)10-13-5-3-2-4-6-13)28-11-17(25)20-14-7-8-15(19)16(9-14)24(26)27/h2-9H,10-11H2,1H3,(H,20,25). The number of aryl methyl sites for hydroxylation is 1. The molecule has 0 atom stereocenters. The topological polar surface area (TPSA) is 103 Å². The van der Waals surface area contributed by atoms with Crippen LogP contribution < -0.4 is 5.32 Å². The van der Waals surface area contributed by atoms with E-state index in [4.69, 9.17) is 0 Å². The first kappa shape index (κ1) is 19.5. The summed E-state index contributed by atoms with van der Waals surface area (Å²) in [5, 5.41) is 22.1. The minimum atomic E-state index is -0.957. The lowest BCUT2D eigenvalue weighted by Gasteiger charge is -2.09. The van der Waals surface area contributed by atoms with E-state index >= 15 is 0 Å². The molecule has 8 nitrogen and oxygen atoms in total. The number of halogens is 1. The van der Waals surface area contributed by atoms with E-state index in [0.717, 1.165) is 23.5 Å². The van der Waals surface area contributed by atoms with Gasteiger partial charge in [0.15, 0.2) is 5.16 Å². The van der Waals surface area contributed by atoms with Crippen LogP contribution in [0.3, 0.4) is 0 Å². The van der Waals surface area contributed by atoms with E-state index in [0.29, 0.717) is 11.7 Å². The molecule has 1 amide bonds. The number of anilines is 1. The molecule has 1 aromatic heterocycles. The smallest absolute Gasteiger partial charge is 0.306 e. The van der Waals surface area contributed by atoms with Gasteiger partial charge in [-0.3, -0.25) is 14.9 Å². The number of amides is 1. The van der Waals surface area contributed by atoms with E-state index in [9.17, 15) is 19.3 Å². The molecule has 0 bridgehead atoms. The van der Waals surface area contributed by atoms with Crippen LogP contribution in [-0.4, -0.2) is 31.3 Å². The summed E-state index contributed by atoms with van der Waals surface area (Å²) in [6, 6.07) is 13.0. The summed E-state index contributed by atoms with van der Waals surface area (Å²) in [6.07, 6.45) is 0. The van der Waals surface area contributed by atoms with Gasteiger partial charge in [0.05, 0.1) is 17.2 Å². The minimum absolute atomic E-state index is 0.0259. The third-order valence-corrected chi connectivity index (χ3v) is 4.81. The number of rotatable bonds is 7. The van der Waals surface area contributed by atoms with E-state index < -0.39 is 22.3 Å². The Kier molecular flexibility index (Phi) is 5.99. The SMILES string of the molecule is Cc1nnc(SCC(=O)Nc2ccc(F)c([N+](=O)[O-])c2)n1Cc1ccccc1. The summed E-state index contributed by atoms with van der Waals surface area (Å²) >= 11 is 1.20. The molecule has 0 unspecified atom stereocenters. The van der Waals surface area contributed by atoms with Crippen molar-refractivity contribution in [3.8, 4) is 0 Å². The van der Waals surface area contributed by atoms with Crippen LogP contribution in [0.2, 0.25) is 0 Å². The van der Waals surface area contributed by atoms with Crippen LogP contribution in [0.4, 0.5) is 15.8 Å². The monoisotopic (exact) mass is 401 g/mol. The van der Waals surface area contributed by atoms with Gasteiger partial charge in [-0.2, -0.15) is 4.39 Å². The maximum Gasteiger partial charge on any atom is 0.306 e. The first-order valence-electron chi connectivity index (χ1n) is 8.24. The Hall–Kier alpha value is -3.27. The number of nitrogens with zero attached hydrogens (tertiary/aromatic N) is 4. The molecule has 0 saturated heterocycles. The van der Waals surface area contributed by atoms with E-state index in [1.165, 1.54) is 17.8 Å². The maximum atomic E-state index is 13.4. The number of aromatic nitrogens is 3. The maximum absolute atomic E-state index is 13.4. The van der Waals surface area contributed by atoms with E-state index in [-0.39, 0.29) is 11.4 Å². The zero-order chi connectivity index (χ0) is 20.1. The second-order valence-electron chi connectivity index (χ2n) is 5.86. The van der Waals surface area contributed by atoms with Gasteiger partial charge in [0.1, 0.15) is 5.82 Å². The van der Waals surface area contributed by atoms with Gasteiger partial charge in [-0.1, -0.05) is 42.1 Å². The molecular formula is C18H16FN5O3S. The second-order valence-corrected chi connectivity index (χ2v) is 6.80. The molecule has 28 heavy (non-hydrogen) atoms. The Labute approximate surface area is 163 Å². The highest BCUT2D eigenvalue weighted by Crippen LogP contribution is 2.23. The van der Waals surface area contributed by atoms with Gasteiger partial charge in [0.25, 0.3) is 0 Å². The Bertz CT molecular complexity index is 1010. The number of benzene rings is 2. The quantitative estimate of drug-likeness (QED) is 0.370. The summed E-state index contributed by atoms with van der Waals surface area (Å²) in [5.74, 6) is -0.599. The van der Waals surface area contributed by atoms with Gasteiger partial charge in [-0.15, -0.1) is 10.2 Å². The van der Waals surface area contributed by atoms with E-state index in [1.807, 2.05) is 41.8 Å². The van der Waals surface area contributed by atoms with Gasteiger partial charge in [-0.25, -0.2) is 0 Å². The molecule has 3 aromatic rings.